The second-order valence-corrected chi connectivity index (χ2v) is 6.28. The van der Waals surface area contributed by atoms with Crippen LogP contribution < -0.4 is 0 Å². The third kappa shape index (κ3) is 3.75. The van der Waals surface area contributed by atoms with Crippen LogP contribution in [0.3, 0.4) is 0 Å². The largest absolute Gasteiger partial charge is 0.478 e. The summed E-state index contributed by atoms with van der Waals surface area (Å²) in [6, 6.07) is 9.28. The zero-order chi connectivity index (χ0) is 14.7. The van der Waals surface area contributed by atoms with Crippen LogP contribution in [0.25, 0.3) is 0 Å². The van der Waals surface area contributed by atoms with Gasteiger partial charge in [-0.15, -0.1) is 11.8 Å². The highest BCUT2D eigenvalue weighted by Crippen LogP contribution is 2.30. The molecule has 104 valence electrons. The smallest absolute Gasteiger partial charge is 0.337 e. The molecular formula is C14H9BrClFO2S. The van der Waals surface area contributed by atoms with Crippen molar-refractivity contribution in [3.63, 3.8) is 0 Å². The van der Waals surface area contributed by atoms with Crippen molar-refractivity contribution >= 4 is 45.3 Å². The van der Waals surface area contributed by atoms with E-state index in [2.05, 4.69) is 15.9 Å². The van der Waals surface area contributed by atoms with E-state index in [1.165, 1.54) is 30.0 Å². The van der Waals surface area contributed by atoms with Crippen LogP contribution in [0.5, 0.6) is 0 Å². The standard InChI is InChI=1S/C14H9BrClFO2S/c15-12-3-1-9(17)5-8(12)7-20-10-2-4-13(16)11(6-10)14(18)19/h1-6H,7H2,(H,18,19). The summed E-state index contributed by atoms with van der Waals surface area (Å²) in [5, 5.41) is 9.21. The van der Waals surface area contributed by atoms with Crippen LogP contribution in [-0.2, 0) is 5.75 Å². The Balaban J connectivity index is 2.17. The molecule has 0 aliphatic rings. The molecule has 0 unspecified atom stereocenters. The van der Waals surface area contributed by atoms with Gasteiger partial charge in [0.05, 0.1) is 10.6 Å². The molecule has 0 aliphatic heterocycles. The summed E-state index contributed by atoms with van der Waals surface area (Å²) in [6.07, 6.45) is 0. The highest BCUT2D eigenvalue weighted by Gasteiger charge is 2.10. The van der Waals surface area contributed by atoms with Crippen molar-refractivity contribution in [3.8, 4) is 0 Å². The minimum absolute atomic E-state index is 0.0648. The van der Waals surface area contributed by atoms with E-state index in [4.69, 9.17) is 16.7 Å². The molecule has 6 heteroatoms. The molecule has 2 aromatic rings. The van der Waals surface area contributed by atoms with E-state index in [1.807, 2.05) is 0 Å². The second kappa shape index (κ2) is 6.61. The van der Waals surface area contributed by atoms with Crippen LogP contribution in [0.1, 0.15) is 15.9 Å². The van der Waals surface area contributed by atoms with Crippen LogP contribution in [0.15, 0.2) is 45.8 Å². The topological polar surface area (TPSA) is 37.3 Å². The molecule has 0 saturated heterocycles. The molecule has 0 amide bonds. The highest BCUT2D eigenvalue weighted by atomic mass is 79.9. The Morgan fingerprint density at radius 2 is 2.05 bits per heavy atom. The third-order valence-electron chi connectivity index (χ3n) is 2.57. The van der Waals surface area contributed by atoms with Gasteiger partial charge in [-0.3, -0.25) is 0 Å². The van der Waals surface area contributed by atoms with Gasteiger partial charge in [-0.2, -0.15) is 0 Å². The maximum Gasteiger partial charge on any atom is 0.337 e. The van der Waals surface area contributed by atoms with Crippen molar-refractivity contribution in [1.82, 2.24) is 0 Å². The minimum Gasteiger partial charge on any atom is -0.478 e. The Hall–Kier alpha value is -1.04. The first-order valence-electron chi connectivity index (χ1n) is 5.57. The predicted octanol–water partition coefficient (Wildman–Crippen LogP) is 5.23. The lowest BCUT2D eigenvalue weighted by molar-refractivity contribution is 0.0697. The van der Waals surface area contributed by atoms with Gasteiger partial charge in [0.2, 0.25) is 0 Å². The summed E-state index contributed by atoms with van der Waals surface area (Å²) in [6.45, 7) is 0. The lowest BCUT2D eigenvalue weighted by Crippen LogP contribution is -1.97. The number of carboxylic acids is 1. The van der Waals surface area contributed by atoms with E-state index in [0.29, 0.717) is 5.75 Å². The Labute approximate surface area is 133 Å². The van der Waals surface area contributed by atoms with Gasteiger partial charge in [-0.25, -0.2) is 9.18 Å². The molecule has 2 nitrogen and oxygen atoms in total. The fraction of sp³-hybridized carbons (Fsp3) is 0.0714. The summed E-state index contributed by atoms with van der Waals surface area (Å²) >= 11 is 10.6. The van der Waals surface area contributed by atoms with Gasteiger partial charge >= 0.3 is 5.97 Å². The lowest BCUT2D eigenvalue weighted by atomic mass is 10.2. The van der Waals surface area contributed by atoms with Crippen molar-refractivity contribution in [2.75, 3.05) is 0 Å². The molecule has 1 N–H and O–H groups in total. The Morgan fingerprint density at radius 1 is 1.30 bits per heavy atom. The number of carboxylic acid groups (broad SMARTS) is 1. The van der Waals surface area contributed by atoms with Crippen LogP contribution in [0, 0.1) is 5.82 Å². The van der Waals surface area contributed by atoms with E-state index in [1.54, 1.807) is 18.2 Å². The molecule has 0 bridgehead atoms. The molecule has 2 aromatic carbocycles. The number of carbonyl (C=O) groups is 1. The van der Waals surface area contributed by atoms with Gasteiger partial charge < -0.3 is 5.11 Å². The third-order valence-corrected chi connectivity index (χ3v) is 4.72. The molecule has 0 atom stereocenters. The Bertz CT molecular complexity index is 664. The maximum absolute atomic E-state index is 13.2. The maximum atomic E-state index is 13.2. The zero-order valence-corrected chi connectivity index (χ0v) is 13.2. The number of hydrogen-bond acceptors (Lipinski definition) is 2. The first-order chi connectivity index (χ1) is 9.47. The van der Waals surface area contributed by atoms with Crippen LogP contribution >= 0.6 is 39.3 Å². The first kappa shape index (κ1) is 15.4. The molecule has 20 heavy (non-hydrogen) atoms. The highest BCUT2D eigenvalue weighted by molar-refractivity contribution is 9.10. The van der Waals surface area contributed by atoms with Crippen molar-refractivity contribution in [2.24, 2.45) is 0 Å². The van der Waals surface area contributed by atoms with Gasteiger partial charge in [0.1, 0.15) is 5.82 Å². The van der Waals surface area contributed by atoms with Gasteiger partial charge in [0.25, 0.3) is 0 Å². The van der Waals surface area contributed by atoms with E-state index >= 15 is 0 Å². The minimum atomic E-state index is -1.07. The number of thioether (sulfide) groups is 1. The van der Waals surface area contributed by atoms with Gasteiger partial charge in [-0.1, -0.05) is 27.5 Å². The summed E-state index contributed by atoms with van der Waals surface area (Å²) in [7, 11) is 0. The van der Waals surface area contributed by atoms with Gasteiger partial charge in [-0.05, 0) is 42.0 Å². The van der Waals surface area contributed by atoms with Crippen LogP contribution in [0.4, 0.5) is 4.39 Å². The molecule has 2 rings (SSSR count). The van der Waals surface area contributed by atoms with Crippen molar-refractivity contribution in [2.45, 2.75) is 10.6 Å². The Kier molecular flexibility index (Phi) is 5.07. The predicted molar refractivity (Wildman–Crippen MR) is 82.1 cm³/mol. The summed E-state index contributed by atoms with van der Waals surface area (Å²) in [5.41, 5.74) is 0.872. The first-order valence-corrected chi connectivity index (χ1v) is 7.72. The lowest BCUT2D eigenvalue weighted by Gasteiger charge is -2.06. The molecule has 0 fully saturated rings. The normalized spacial score (nSPS) is 10.6. The number of rotatable bonds is 4. The molecule has 0 radical (unpaired) electrons. The molecule has 0 spiro atoms. The summed E-state index contributed by atoms with van der Waals surface area (Å²) in [5.74, 6) is -0.838. The zero-order valence-electron chi connectivity index (χ0n) is 10.1. The molecule has 0 heterocycles. The van der Waals surface area contributed by atoms with Gasteiger partial charge in [0, 0.05) is 15.1 Å². The summed E-state index contributed by atoms with van der Waals surface area (Å²) in [4.78, 5) is 11.8. The quantitative estimate of drug-likeness (QED) is 0.743. The number of hydrogen-bond donors (Lipinski definition) is 1. The van der Waals surface area contributed by atoms with Crippen molar-refractivity contribution < 1.29 is 14.3 Å². The number of halogens is 3. The summed E-state index contributed by atoms with van der Waals surface area (Å²) < 4.78 is 14.0. The average Bonchev–Trinajstić information content (AvgIpc) is 2.41. The number of benzene rings is 2. The molecule has 0 saturated carbocycles. The fourth-order valence-electron chi connectivity index (χ4n) is 1.57. The van der Waals surface area contributed by atoms with E-state index in [-0.39, 0.29) is 16.4 Å². The number of aromatic carboxylic acids is 1. The van der Waals surface area contributed by atoms with E-state index < -0.39 is 5.97 Å². The molecular weight excluding hydrogens is 367 g/mol. The van der Waals surface area contributed by atoms with Crippen LogP contribution in [0.2, 0.25) is 5.02 Å². The van der Waals surface area contributed by atoms with Crippen molar-refractivity contribution in [3.05, 3.63) is 62.8 Å². The van der Waals surface area contributed by atoms with Crippen LogP contribution in [-0.4, -0.2) is 11.1 Å². The van der Waals surface area contributed by atoms with E-state index in [0.717, 1.165) is 14.9 Å². The van der Waals surface area contributed by atoms with Crippen molar-refractivity contribution in [1.29, 1.82) is 0 Å². The average molecular weight is 376 g/mol. The fourth-order valence-corrected chi connectivity index (χ4v) is 3.27. The monoisotopic (exact) mass is 374 g/mol. The Morgan fingerprint density at radius 3 is 2.75 bits per heavy atom. The van der Waals surface area contributed by atoms with E-state index in [9.17, 15) is 9.18 Å². The molecule has 0 aliphatic carbocycles. The SMILES string of the molecule is O=C(O)c1cc(SCc2cc(F)ccc2Br)ccc1Cl. The van der Waals surface area contributed by atoms with Gasteiger partial charge in [0.15, 0.2) is 0 Å². The molecule has 0 aromatic heterocycles. The second-order valence-electron chi connectivity index (χ2n) is 3.97.